The number of carbonyl (C=O) groups is 1. The number of aromatic nitrogens is 2. The Morgan fingerprint density at radius 3 is 2.84 bits per heavy atom. The lowest BCUT2D eigenvalue weighted by Gasteiger charge is -2.32. The Kier molecular flexibility index (Phi) is 4.34. The molecular formula is C19H24N4O2. The molecule has 1 aromatic heterocycles. The van der Waals surface area contributed by atoms with E-state index in [1.165, 1.54) is 16.8 Å². The number of nitrogens with zero attached hydrogens (tertiary/aromatic N) is 2. The molecule has 0 unspecified atom stereocenters. The molecule has 2 amide bonds. The molecule has 0 saturated carbocycles. The highest BCUT2D eigenvalue weighted by molar-refractivity contribution is 5.75. The first kappa shape index (κ1) is 16.0. The fourth-order valence-corrected chi connectivity index (χ4v) is 4.09. The Morgan fingerprint density at radius 1 is 1.28 bits per heavy atom. The number of urea groups is 1. The summed E-state index contributed by atoms with van der Waals surface area (Å²) in [5, 5.41) is 10.3. The average molecular weight is 340 g/mol. The van der Waals surface area contributed by atoms with Crippen LogP contribution >= 0.6 is 0 Å². The third-order valence-corrected chi connectivity index (χ3v) is 5.49. The van der Waals surface area contributed by atoms with Crippen LogP contribution in [-0.4, -0.2) is 41.3 Å². The van der Waals surface area contributed by atoms with Crippen molar-refractivity contribution in [2.45, 2.75) is 37.6 Å². The van der Waals surface area contributed by atoms with Gasteiger partial charge in [-0.15, -0.1) is 0 Å². The summed E-state index contributed by atoms with van der Waals surface area (Å²) in [6.45, 7) is 1.57. The van der Waals surface area contributed by atoms with Gasteiger partial charge in [0.15, 0.2) is 0 Å². The molecule has 2 heterocycles. The first-order valence-electron chi connectivity index (χ1n) is 8.96. The van der Waals surface area contributed by atoms with Crippen molar-refractivity contribution in [3.05, 3.63) is 47.3 Å². The van der Waals surface area contributed by atoms with Crippen molar-refractivity contribution in [1.29, 1.82) is 0 Å². The Morgan fingerprint density at radius 2 is 2.12 bits per heavy atom. The molecule has 1 aliphatic heterocycles. The fourth-order valence-electron chi connectivity index (χ4n) is 4.09. The zero-order valence-electron chi connectivity index (χ0n) is 14.5. The van der Waals surface area contributed by atoms with Gasteiger partial charge in [0.1, 0.15) is 5.75 Å². The van der Waals surface area contributed by atoms with Gasteiger partial charge < -0.3 is 15.0 Å². The fraction of sp³-hybridized carbons (Fsp3) is 0.474. The van der Waals surface area contributed by atoms with E-state index in [0.717, 1.165) is 44.5 Å². The molecule has 25 heavy (non-hydrogen) atoms. The van der Waals surface area contributed by atoms with Gasteiger partial charge in [0, 0.05) is 30.9 Å². The summed E-state index contributed by atoms with van der Waals surface area (Å²) in [5.41, 5.74) is 3.60. The lowest BCUT2D eigenvalue weighted by atomic mass is 9.94. The maximum absolute atomic E-state index is 12.7. The number of piperidine rings is 1. The van der Waals surface area contributed by atoms with Crippen molar-refractivity contribution in [1.82, 2.24) is 20.4 Å². The SMILES string of the molecule is COc1cccc2c1CC[C@H]2NC(=O)N1CCC(c2ccn[nH]2)CC1. The van der Waals surface area contributed by atoms with Crippen LogP contribution in [0.15, 0.2) is 30.5 Å². The quantitative estimate of drug-likeness (QED) is 0.902. The van der Waals surface area contributed by atoms with Crippen LogP contribution in [-0.2, 0) is 6.42 Å². The maximum atomic E-state index is 12.7. The molecule has 4 rings (SSSR count). The minimum atomic E-state index is 0.0451. The predicted octanol–water partition coefficient (Wildman–Crippen LogP) is 2.99. The average Bonchev–Trinajstić information content (AvgIpc) is 3.32. The van der Waals surface area contributed by atoms with E-state index in [9.17, 15) is 4.79 Å². The number of rotatable bonds is 3. The largest absolute Gasteiger partial charge is 0.496 e. The number of ether oxygens (including phenoxy) is 1. The van der Waals surface area contributed by atoms with E-state index >= 15 is 0 Å². The van der Waals surface area contributed by atoms with Gasteiger partial charge in [0.05, 0.1) is 13.2 Å². The molecule has 132 valence electrons. The molecule has 2 aromatic rings. The zero-order chi connectivity index (χ0) is 17.2. The van der Waals surface area contributed by atoms with Crippen molar-refractivity contribution in [2.75, 3.05) is 20.2 Å². The molecule has 1 aromatic carbocycles. The van der Waals surface area contributed by atoms with Gasteiger partial charge in [0.25, 0.3) is 0 Å². The molecule has 1 atom stereocenters. The topological polar surface area (TPSA) is 70.2 Å². The first-order valence-corrected chi connectivity index (χ1v) is 8.96. The van der Waals surface area contributed by atoms with E-state index < -0.39 is 0 Å². The van der Waals surface area contributed by atoms with Crippen LogP contribution in [0.3, 0.4) is 0 Å². The van der Waals surface area contributed by atoms with Gasteiger partial charge in [-0.2, -0.15) is 5.10 Å². The number of benzene rings is 1. The number of amides is 2. The smallest absolute Gasteiger partial charge is 0.317 e. The lowest BCUT2D eigenvalue weighted by Crippen LogP contribution is -2.45. The number of H-pyrrole nitrogens is 1. The number of methoxy groups -OCH3 is 1. The van der Waals surface area contributed by atoms with Crippen molar-refractivity contribution in [2.24, 2.45) is 0 Å². The summed E-state index contributed by atoms with van der Waals surface area (Å²) in [6.07, 6.45) is 5.63. The van der Waals surface area contributed by atoms with E-state index in [-0.39, 0.29) is 12.1 Å². The number of likely N-dealkylation sites (tertiary alicyclic amines) is 1. The molecule has 6 heteroatoms. The predicted molar refractivity (Wildman–Crippen MR) is 94.7 cm³/mol. The highest BCUT2D eigenvalue weighted by Gasteiger charge is 2.29. The van der Waals surface area contributed by atoms with Gasteiger partial charge in [-0.3, -0.25) is 5.10 Å². The molecule has 0 radical (unpaired) electrons. The van der Waals surface area contributed by atoms with Gasteiger partial charge in [0.2, 0.25) is 0 Å². The van der Waals surface area contributed by atoms with Crippen LogP contribution < -0.4 is 10.1 Å². The summed E-state index contributed by atoms with van der Waals surface area (Å²) >= 11 is 0. The molecule has 6 nitrogen and oxygen atoms in total. The molecule has 1 saturated heterocycles. The second-order valence-corrected chi connectivity index (χ2v) is 6.84. The van der Waals surface area contributed by atoms with Crippen LogP contribution in [0, 0.1) is 0 Å². The van der Waals surface area contributed by atoms with Crippen molar-refractivity contribution in [3.8, 4) is 5.75 Å². The summed E-state index contributed by atoms with van der Waals surface area (Å²) in [6, 6.07) is 8.25. The zero-order valence-corrected chi connectivity index (χ0v) is 14.5. The van der Waals surface area contributed by atoms with Gasteiger partial charge in [-0.1, -0.05) is 12.1 Å². The van der Waals surface area contributed by atoms with E-state index in [1.54, 1.807) is 13.3 Å². The molecular weight excluding hydrogens is 316 g/mol. The molecule has 2 aliphatic rings. The Labute approximate surface area is 147 Å². The molecule has 1 aliphatic carbocycles. The Bertz CT molecular complexity index is 736. The number of hydrogen-bond donors (Lipinski definition) is 2. The highest BCUT2D eigenvalue weighted by atomic mass is 16.5. The second kappa shape index (κ2) is 6.78. The van der Waals surface area contributed by atoms with Crippen LogP contribution in [0.4, 0.5) is 4.79 Å². The summed E-state index contributed by atoms with van der Waals surface area (Å²) < 4.78 is 5.44. The van der Waals surface area contributed by atoms with E-state index in [1.807, 2.05) is 23.1 Å². The van der Waals surface area contributed by atoms with E-state index in [4.69, 9.17) is 4.74 Å². The first-order chi connectivity index (χ1) is 12.3. The van der Waals surface area contributed by atoms with Crippen molar-refractivity contribution in [3.63, 3.8) is 0 Å². The van der Waals surface area contributed by atoms with Gasteiger partial charge in [-0.25, -0.2) is 4.79 Å². The van der Waals surface area contributed by atoms with Crippen molar-refractivity contribution >= 4 is 6.03 Å². The van der Waals surface area contributed by atoms with Crippen LogP contribution in [0.25, 0.3) is 0 Å². The Hall–Kier alpha value is -2.50. The van der Waals surface area contributed by atoms with Crippen LogP contribution in [0.2, 0.25) is 0 Å². The molecule has 0 spiro atoms. The molecule has 2 N–H and O–H groups in total. The van der Waals surface area contributed by atoms with Gasteiger partial charge >= 0.3 is 6.03 Å². The monoisotopic (exact) mass is 340 g/mol. The normalized spacial score (nSPS) is 20.4. The van der Waals surface area contributed by atoms with Crippen LogP contribution in [0.1, 0.15) is 48.0 Å². The third-order valence-electron chi connectivity index (χ3n) is 5.49. The summed E-state index contributed by atoms with van der Waals surface area (Å²) in [7, 11) is 1.70. The summed E-state index contributed by atoms with van der Waals surface area (Å²) in [5.74, 6) is 1.40. The van der Waals surface area contributed by atoms with Crippen LogP contribution in [0.5, 0.6) is 5.75 Å². The number of carbonyl (C=O) groups excluding carboxylic acids is 1. The van der Waals surface area contributed by atoms with Gasteiger partial charge in [-0.05, 0) is 48.9 Å². The number of fused-ring (bicyclic) bond motifs is 1. The van der Waals surface area contributed by atoms with E-state index in [0.29, 0.717) is 5.92 Å². The number of aromatic amines is 1. The minimum Gasteiger partial charge on any atom is -0.496 e. The summed E-state index contributed by atoms with van der Waals surface area (Å²) in [4.78, 5) is 14.6. The minimum absolute atomic E-state index is 0.0451. The molecule has 1 fully saturated rings. The highest BCUT2D eigenvalue weighted by Crippen LogP contribution is 2.37. The van der Waals surface area contributed by atoms with E-state index in [2.05, 4.69) is 21.6 Å². The number of hydrogen-bond acceptors (Lipinski definition) is 3. The third kappa shape index (κ3) is 3.08. The Balaban J connectivity index is 1.37. The number of nitrogens with one attached hydrogen (secondary N) is 2. The lowest BCUT2D eigenvalue weighted by molar-refractivity contribution is 0.177. The standard InChI is InChI=1S/C19H24N4O2/c1-25-18-4-2-3-14-15(18)5-6-17(14)21-19(24)23-11-8-13(9-12-23)16-7-10-20-22-16/h2-4,7,10,13,17H,5-6,8-9,11-12H2,1H3,(H,20,22)(H,21,24)/t17-/m1/s1. The second-order valence-electron chi connectivity index (χ2n) is 6.84. The molecule has 0 bridgehead atoms. The van der Waals surface area contributed by atoms with Crippen molar-refractivity contribution < 1.29 is 9.53 Å². The maximum Gasteiger partial charge on any atom is 0.317 e.